The van der Waals surface area contributed by atoms with Gasteiger partial charge in [0, 0.05) is 32.8 Å². The third kappa shape index (κ3) is 4.27. The Kier molecular flexibility index (Phi) is 5.69. The summed E-state index contributed by atoms with van der Waals surface area (Å²) in [7, 11) is 1.52. The van der Waals surface area contributed by atoms with Crippen LogP contribution in [0.5, 0.6) is 5.75 Å². The third-order valence-electron chi connectivity index (χ3n) is 5.51. The van der Waals surface area contributed by atoms with Crippen LogP contribution in [0.3, 0.4) is 0 Å². The standard InChI is InChI=1S/C22H24N8O3/c1-3-33-18-6-4-16(5-7-18)30-22-19(26-27-30)10-23-20(25-22)8-15-9-24-29(11-15)17-12-28(13-17)21(31)14-32-2/h4-7,9-11,17H,3,8,12-14H2,1-2H3. The number of benzene rings is 1. The Morgan fingerprint density at radius 1 is 1.18 bits per heavy atom. The molecule has 3 aromatic heterocycles. The van der Waals surface area contributed by atoms with Crippen LogP contribution in [0.4, 0.5) is 0 Å². The Bertz CT molecular complexity index is 1260. The molecule has 11 nitrogen and oxygen atoms in total. The highest BCUT2D eigenvalue weighted by Crippen LogP contribution is 2.22. The summed E-state index contributed by atoms with van der Waals surface area (Å²) in [4.78, 5) is 22.8. The van der Waals surface area contributed by atoms with E-state index < -0.39 is 0 Å². The summed E-state index contributed by atoms with van der Waals surface area (Å²) in [5.74, 6) is 1.46. The van der Waals surface area contributed by atoms with Gasteiger partial charge in [-0.15, -0.1) is 5.10 Å². The van der Waals surface area contributed by atoms with Crippen molar-refractivity contribution >= 4 is 17.1 Å². The Balaban J connectivity index is 1.29. The quantitative estimate of drug-likeness (QED) is 0.398. The molecular weight excluding hydrogens is 424 g/mol. The van der Waals surface area contributed by atoms with Gasteiger partial charge < -0.3 is 14.4 Å². The van der Waals surface area contributed by atoms with Crippen molar-refractivity contribution in [1.29, 1.82) is 0 Å². The molecule has 1 aliphatic heterocycles. The van der Waals surface area contributed by atoms with Gasteiger partial charge in [0.05, 0.1) is 30.7 Å². The molecule has 33 heavy (non-hydrogen) atoms. The van der Waals surface area contributed by atoms with E-state index in [0.717, 1.165) is 17.0 Å². The highest BCUT2D eigenvalue weighted by Gasteiger charge is 2.32. The number of ether oxygens (including phenoxy) is 2. The smallest absolute Gasteiger partial charge is 0.248 e. The molecule has 1 amide bonds. The Hall–Kier alpha value is -3.86. The zero-order chi connectivity index (χ0) is 22.8. The number of amides is 1. The van der Waals surface area contributed by atoms with Gasteiger partial charge in [-0.1, -0.05) is 5.21 Å². The van der Waals surface area contributed by atoms with Crippen LogP contribution >= 0.6 is 0 Å². The summed E-state index contributed by atoms with van der Waals surface area (Å²) in [5.41, 5.74) is 3.11. The fraction of sp³-hybridized carbons (Fsp3) is 0.364. The lowest BCUT2D eigenvalue weighted by molar-refractivity contribution is -0.141. The Morgan fingerprint density at radius 2 is 2.00 bits per heavy atom. The second-order valence-corrected chi connectivity index (χ2v) is 7.81. The van der Waals surface area contributed by atoms with Gasteiger partial charge >= 0.3 is 0 Å². The van der Waals surface area contributed by atoms with Crippen LogP contribution in [0, 0.1) is 0 Å². The predicted octanol–water partition coefficient (Wildman–Crippen LogP) is 1.43. The zero-order valence-corrected chi connectivity index (χ0v) is 18.5. The number of fused-ring (bicyclic) bond motifs is 1. The van der Waals surface area contributed by atoms with Crippen LogP contribution in [-0.2, 0) is 16.0 Å². The van der Waals surface area contributed by atoms with E-state index in [2.05, 4.69) is 20.4 Å². The van der Waals surface area contributed by atoms with Crippen molar-refractivity contribution in [2.45, 2.75) is 19.4 Å². The van der Waals surface area contributed by atoms with Gasteiger partial charge in [0.2, 0.25) is 5.91 Å². The van der Waals surface area contributed by atoms with Gasteiger partial charge in [0.1, 0.15) is 18.2 Å². The average Bonchev–Trinajstić information content (AvgIpc) is 3.41. The molecular formula is C22H24N8O3. The average molecular weight is 448 g/mol. The second kappa shape index (κ2) is 8.94. The fourth-order valence-electron chi connectivity index (χ4n) is 3.76. The summed E-state index contributed by atoms with van der Waals surface area (Å²) in [5, 5.41) is 12.9. The molecule has 0 atom stereocenters. The maximum atomic E-state index is 11.8. The van der Waals surface area contributed by atoms with Crippen LogP contribution in [0.25, 0.3) is 16.9 Å². The molecule has 0 saturated carbocycles. The molecule has 0 bridgehead atoms. The monoisotopic (exact) mass is 448 g/mol. The van der Waals surface area contributed by atoms with Crippen LogP contribution in [0.2, 0.25) is 0 Å². The number of rotatable bonds is 8. The van der Waals surface area contributed by atoms with Crippen molar-refractivity contribution < 1.29 is 14.3 Å². The number of methoxy groups -OCH3 is 1. The number of aromatic nitrogens is 7. The molecule has 1 saturated heterocycles. The molecule has 0 spiro atoms. The summed E-state index contributed by atoms with van der Waals surface area (Å²) in [6.07, 6.45) is 6.02. The van der Waals surface area contributed by atoms with Crippen LogP contribution in [0.1, 0.15) is 24.4 Å². The predicted molar refractivity (Wildman–Crippen MR) is 118 cm³/mol. The minimum absolute atomic E-state index is 0.000539. The molecule has 170 valence electrons. The van der Waals surface area contributed by atoms with Gasteiger partial charge in [-0.05, 0) is 36.8 Å². The molecule has 5 rings (SSSR count). The third-order valence-corrected chi connectivity index (χ3v) is 5.51. The molecule has 11 heteroatoms. The van der Waals surface area contributed by atoms with E-state index in [1.807, 2.05) is 48.3 Å². The first-order chi connectivity index (χ1) is 16.1. The first-order valence-corrected chi connectivity index (χ1v) is 10.7. The minimum Gasteiger partial charge on any atom is -0.494 e. The van der Waals surface area contributed by atoms with Gasteiger partial charge in [-0.2, -0.15) is 9.78 Å². The fourth-order valence-corrected chi connectivity index (χ4v) is 3.76. The van der Waals surface area contributed by atoms with E-state index in [4.69, 9.17) is 14.5 Å². The molecule has 1 aromatic carbocycles. The molecule has 0 N–H and O–H groups in total. The van der Waals surface area contributed by atoms with E-state index in [9.17, 15) is 4.79 Å². The number of hydrogen-bond donors (Lipinski definition) is 0. The normalized spacial score (nSPS) is 13.9. The van der Waals surface area contributed by atoms with E-state index in [1.165, 1.54) is 7.11 Å². The van der Waals surface area contributed by atoms with E-state index in [1.54, 1.807) is 15.8 Å². The van der Waals surface area contributed by atoms with Crippen molar-refractivity contribution in [2.75, 3.05) is 33.4 Å². The minimum atomic E-state index is 0.000539. The number of likely N-dealkylation sites (tertiary alicyclic amines) is 1. The highest BCUT2D eigenvalue weighted by atomic mass is 16.5. The van der Waals surface area contributed by atoms with E-state index in [0.29, 0.717) is 43.1 Å². The second-order valence-electron chi connectivity index (χ2n) is 7.81. The van der Waals surface area contributed by atoms with E-state index >= 15 is 0 Å². The summed E-state index contributed by atoms with van der Waals surface area (Å²) in [6, 6.07) is 7.81. The number of hydrogen-bond acceptors (Lipinski definition) is 8. The highest BCUT2D eigenvalue weighted by molar-refractivity contribution is 5.78. The largest absolute Gasteiger partial charge is 0.494 e. The number of carbonyl (C=O) groups excluding carboxylic acids is 1. The van der Waals surface area contributed by atoms with Crippen LogP contribution < -0.4 is 4.74 Å². The molecule has 4 heterocycles. The van der Waals surface area contributed by atoms with Crippen molar-refractivity contribution in [3.63, 3.8) is 0 Å². The summed E-state index contributed by atoms with van der Waals surface area (Å²) < 4.78 is 14.0. The van der Waals surface area contributed by atoms with Gasteiger partial charge in [-0.25, -0.2) is 9.97 Å². The maximum absolute atomic E-state index is 11.8. The molecule has 1 aliphatic rings. The van der Waals surface area contributed by atoms with Crippen molar-refractivity contribution in [3.05, 3.63) is 54.2 Å². The number of carbonyl (C=O) groups is 1. The summed E-state index contributed by atoms with van der Waals surface area (Å²) >= 11 is 0. The topological polar surface area (TPSA) is 113 Å². The van der Waals surface area contributed by atoms with Crippen molar-refractivity contribution in [1.82, 2.24) is 39.6 Å². The van der Waals surface area contributed by atoms with E-state index in [-0.39, 0.29) is 18.6 Å². The molecule has 4 aromatic rings. The SMILES string of the molecule is CCOc1ccc(-n2nnc3cnc(Cc4cnn(C5CN(C(=O)COC)C5)c4)nc32)cc1. The summed E-state index contributed by atoms with van der Waals surface area (Å²) in [6.45, 7) is 3.95. The van der Waals surface area contributed by atoms with Crippen LogP contribution in [-0.4, -0.2) is 79.0 Å². The molecule has 0 unspecified atom stereocenters. The molecule has 0 radical (unpaired) electrons. The lowest BCUT2D eigenvalue weighted by Gasteiger charge is -2.39. The van der Waals surface area contributed by atoms with Crippen LogP contribution in [0.15, 0.2) is 42.9 Å². The molecule has 1 fully saturated rings. The first-order valence-electron chi connectivity index (χ1n) is 10.7. The maximum Gasteiger partial charge on any atom is 0.248 e. The van der Waals surface area contributed by atoms with Gasteiger partial charge in [0.25, 0.3) is 0 Å². The van der Waals surface area contributed by atoms with Gasteiger partial charge in [-0.3, -0.25) is 9.48 Å². The number of nitrogens with zero attached hydrogens (tertiary/aromatic N) is 8. The van der Waals surface area contributed by atoms with Crippen molar-refractivity contribution in [2.24, 2.45) is 0 Å². The Labute approximate surface area is 189 Å². The Morgan fingerprint density at radius 3 is 2.76 bits per heavy atom. The van der Waals surface area contributed by atoms with Gasteiger partial charge in [0.15, 0.2) is 11.2 Å². The lowest BCUT2D eigenvalue weighted by atomic mass is 10.1. The molecule has 0 aliphatic carbocycles. The van der Waals surface area contributed by atoms with Crippen molar-refractivity contribution in [3.8, 4) is 11.4 Å². The zero-order valence-electron chi connectivity index (χ0n) is 18.5. The first kappa shape index (κ1) is 21.0. The lowest BCUT2D eigenvalue weighted by Crippen LogP contribution is -2.51.